The van der Waals surface area contributed by atoms with Gasteiger partial charge in [-0.2, -0.15) is 4.98 Å². The van der Waals surface area contributed by atoms with Crippen LogP contribution in [-0.2, 0) is 19.1 Å². The number of aromatic nitrogens is 3. The molecule has 8 rings (SSSR count). The molecule has 326 valence electrons. The lowest BCUT2D eigenvalue weighted by molar-refractivity contribution is -0.136. The zero-order chi connectivity index (χ0) is 43.8. The molecule has 3 fully saturated rings. The Kier molecular flexibility index (Phi) is 12.2. The number of amides is 5. The third-order valence-corrected chi connectivity index (χ3v) is 11.8. The summed E-state index contributed by atoms with van der Waals surface area (Å²) in [6.07, 6.45) is 3.18. The number of ether oxygens (including phenoxy) is 3. The van der Waals surface area contributed by atoms with E-state index < -0.39 is 29.7 Å². The second kappa shape index (κ2) is 17.7. The van der Waals surface area contributed by atoms with Crippen molar-refractivity contribution in [3.63, 3.8) is 0 Å². The van der Waals surface area contributed by atoms with Gasteiger partial charge in [-0.15, -0.1) is 0 Å². The molecule has 4 aliphatic rings. The van der Waals surface area contributed by atoms with Crippen LogP contribution in [0.25, 0.3) is 10.9 Å². The molecule has 3 N–H and O–H groups in total. The van der Waals surface area contributed by atoms with Crippen molar-refractivity contribution >= 4 is 69.5 Å². The Morgan fingerprint density at radius 3 is 2.48 bits per heavy atom. The van der Waals surface area contributed by atoms with Crippen LogP contribution in [0.2, 0.25) is 5.02 Å². The van der Waals surface area contributed by atoms with Gasteiger partial charge in [0.25, 0.3) is 23.3 Å². The number of halogens is 1. The van der Waals surface area contributed by atoms with Gasteiger partial charge in [0.1, 0.15) is 22.9 Å². The monoisotopic (exact) mass is 869 g/mol. The second-order valence-electron chi connectivity index (χ2n) is 16.3. The summed E-state index contributed by atoms with van der Waals surface area (Å²) in [5.41, 5.74) is 1.35. The molecular weight excluding hydrogens is 822 g/mol. The first-order valence-electron chi connectivity index (χ1n) is 20.7. The van der Waals surface area contributed by atoms with Crippen LogP contribution in [-0.4, -0.2) is 125 Å². The van der Waals surface area contributed by atoms with E-state index >= 15 is 0 Å². The van der Waals surface area contributed by atoms with Crippen LogP contribution in [0.4, 0.5) is 17.5 Å². The fraction of sp³-hybridized carbons (Fsp3) is 0.442. The molecule has 3 saturated heterocycles. The zero-order valence-corrected chi connectivity index (χ0v) is 35.6. The number of imide groups is 2. The molecule has 0 bridgehead atoms. The van der Waals surface area contributed by atoms with Gasteiger partial charge in [0.05, 0.1) is 35.0 Å². The Labute approximate surface area is 361 Å². The molecule has 18 nitrogen and oxygen atoms in total. The maximum Gasteiger partial charge on any atom is 0.293 e. The maximum atomic E-state index is 13.6. The summed E-state index contributed by atoms with van der Waals surface area (Å²) in [7, 11) is 3.48. The van der Waals surface area contributed by atoms with Gasteiger partial charge in [-0.25, -0.2) is 4.98 Å². The van der Waals surface area contributed by atoms with Crippen molar-refractivity contribution in [2.45, 2.75) is 76.3 Å². The van der Waals surface area contributed by atoms with Crippen molar-refractivity contribution in [2.75, 3.05) is 57.1 Å². The molecule has 0 saturated carbocycles. The topological polar surface area (TPSA) is 207 Å². The first-order valence-corrected chi connectivity index (χ1v) is 21.1. The van der Waals surface area contributed by atoms with E-state index in [1.807, 2.05) is 39.1 Å². The Morgan fingerprint density at radius 2 is 1.74 bits per heavy atom. The third-order valence-electron chi connectivity index (χ3n) is 11.5. The Balaban J connectivity index is 0.892. The van der Waals surface area contributed by atoms with Crippen molar-refractivity contribution in [3.05, 3.63) is 75.2 Å². The summed E-state index contributed by atoms with van der Waals surface area (Å²) >= 11 is 6.59. The van der Waals surface area contributed by atoms with Crippen LogP contribution in [0.5, 0.6) is 11.5 Å². The number of anilines is 3. The van der Waals surface area contributed by atoms with E-state index in [1.54, 1.807) is 35.0 Å². The van der Waals surface area contributed by atoms with Gasteiger partial charge < -0.3 is 39.2 Å². The SMILES string of the molecule is CNC(=O)COc1cc2cc(Nc3nc(N4CCC(O[C@@H]5C[C@H](Oc6cccc7c6C(=O)N(C6CCC(=O)NC6=O)C7=O)CN(C)C5)CC4)ncc3Cl)ccc2n(C(C)C)c1=O. The summed E-state index contributed by atoms with van der Waals surface area (Å²) in [5, 5.41) is 9.07. The quantitative estimate of drug-likeness (QED) is 0.175. The fourth-order valence-corrected chi connectivity index (χ4v) is 8.72. The van der Waals surface area contributed by atoms with Crippen LogP contribution in [0.1, 0.15) is 72.7 Å². The van der Waals surface area contributed by atoms with E-state index in [2.05, 4.69) is 30.7 Å². The van der Waals surface area contributed by atoms with E-state index in [0.717, 1.165) is 23.1 Å². The van der Waals surface area contributed by atoms with E-state index in [1.165, 1.54) is 7.05 Å². The molecular formula is C43H48ClN9O9. The Bertz CT molecular complexity index is 2510. The first kappa shape index (κ1) is 42.6. The van der Waals surface area contributed by atoms with Crippen molar-refractivity contribution in [1.29, 1.82) is 0 Å². The normalized spacial score (nSPS) is 21.0. The number of benzene rings is 2. The smallest absolute Gasteiger partial charge is 0.293 e. The minimum atomic E-state index is -1.06. The highest BCUT2D eigenvalue weighted by molar-refractivity contribution is 6.33. The van der Waals surface area contributed by atoms with Crippen LogP contribution in [0.15, 0.2) is 53.5 Å². The number of hydrogen-bond acceptors (Lipinski definition) is 14. The number of rotatable bonds is 12. The fourth-order valence-electron chi connectivity index (χ4n) is 8.59. The number of likely N-dealkylation sites (tertiary alicyclic amines) is 1. The van der Waals surface area contributed by atoms with Crippen LogP contribution in [0.3, 0.4) is 0 Å². The molecule has 6 heterocycles. The molecule has 4 aromatic rings. The van der Waals surface area contributed by atoms with Gasteiger partial charge in [-0.05, 0) is 76.6 Å². The number of carbonyl (C=O) groups is 5. The lowest BCUT2D eigenvalue weighted by Crippen LogP contribution is -2.54. The summed E-state index contributed by atoms with van der Waals surface area (Å²) in [4.78, 5) is 90.9. The number of likely N-dealkylation sites (N-methyl/N-ethyl adjacent to an activating group) is 2. The molecule has 2 aromatic heterocycles. The lowest BCUT2D eigenvalue weighted by Gasteiger charge is -2.39. The van der Waals surface area contributed by atoms with Gasteiger partial charge in [0.15, 0.2) is 18.2 Å². The predicted octanol–water partition coefficient (Wildman–Crippen LogP) is 3.43. The van der Waals surface area contributed by atoms with E-state index in [0.29, 0.717) is 60.6 Å². The van der Waals surface area contributed by atoms with Gasteiger partial charge in [-0.1, -0.05) is 17.7 Å². The van der Waals surface area contributed by atoms with Crippen molar-refractivity contribution in [3.8, 4) is 11.5 Å². The first-order chi connectivity index (χ1) is 29.8. The van der Waals surface area contributed by atoms with Crippen molar-refractivity contribution in [2.24, 2.45) is 0 Å². The minimum absolute atomic E-state index is 0.0263. The molecule has 4 aliphatic heterocycles. The molecule has 0 radical (unpaired) electrons. The Hall–Kier alpha value is -6.11. The van der Waals surface area contributed by atoms with Gasteiger partial charge in [-0.3, -0.25) is 39.0 Å². The highest BCUT2D eigenvalue weighted by Gasteiger charge is 2.46. The standard InChI is InChI=1S/C43H48ClN9O9/c1-23(2)52-31-9-8-25(16-24(31)17-34(41(52)58)60-22-36(55)45-3)47-38-30(44)19-46-43(49-38)51-14-12-26(13-15-51)61-27-18-28(21-50(4)20-27)62-33-7-5-6-29-37(33)42(59)53(40(29)57)32-10-11-35(54)48-39(32)56/h5-9,16-17,19,23,26-28,32H,10-15,18,20-22H2,1-4H3,(H,45,55)(H,46,47,49)(H,48,54,56)/t27-,28+,32?/m1/s1. The maximum absolute atomic E-state index is 13.6. The second-order valence-corrected chi connectivity index (χ2v) is 16.7. The summed E-state index contributed by atoms with van der Waals surface area (Å²) in [6.45, 7) is 6.09. The van der Waals surface area contributed by atoms with Gasteiger partial charge >= 0.3 is 0 Å². The Morgan fingerprint density at radius 1 is 0.968 bits per heavy atom. The zero-order valence-electron chi connectivity index (χ0n) is 34.8. The largest absolute Gasteiger partial charge is 0.488 e. The van der Waals surface area contributed by atoms with Gasteiger partial charge in [0.2, 0.25) is 17.8 Å². The van der Waals surface area contributed by atoms with Crippen molar-refractivity contribution < 1.29 is 38.2 Å². The number of nitrogens with one attached hydrogen (secondary N) is 3. The summed E-state index contributed by atoms with van der Waals surface area (Å²) < 4.78 is 20.3. The molecule has 5 amide bonds. The molecule has 0 spiro atoms. The van der Waals surface area contributed by atoms with E-state index in [9.17, 15) is 28.8 Å². The number of pyridine rings is 1. The number of piperidine rings is 3. The van der Waals surface area contributed by atoms with E-state index in [4.69, 9.17) is 30.8 Å². The van der Waals surface area contributed by atoms with Gasteiger partial charge in [0, 0.05) is 63.2 Å². The van der Waals surface area contributed by atoms with Crippen LogP contribution < -0.4 is 35.9 Å². The highest BCUT2D eigenvalue weighted by atomic mass is 35.5. The number of fused-ring (bicyclic) bond motifs is 2. The molecule has 19 heteroatoms. The lowest BCUT2D eigenvalue weighted by atomic mass is 10.0. The number of carbonyl (C=O) groups excluding carboxylic acids is 5. The molecule has 3 atom stereocenters. The van der Waals surface area contributed by atoms with E-state index in [-0.39, 0.29) is 77.9 Å². The highest BCUT2D eigenvalue weighted by Crippen LogP contribution is 2.36. The van der Waals surface area contributed by atoms with Crippen LogP contribution in [0, 0.1) is 0 Å². The molecule has 2 aromatic carbocycles. The molecule has 0 aliphatic carbocycles. The van der Waals surface area contributed by atoms with Crippen LogP contribution >= 0.6 is 11.6 Å². The third kappa shape index (κ3) is 8.67. The summed E-state index contributed by atoms with van der Waals surface area (Å²) in [5.74, 6) is -1.37. The number of nitrogens with zero attached hydrogens (tertiary/aromatic N) is 6. The average Bonchev–Trinajstić information content (AvgIpc) is 3.49. The average molecular weight is 870 g/mol. The van der Waals surface area contributed by atoms with Crippen molar-refractivity contribution in [1.82, 2.24) is 35.0 Å². The molecule has 1 unspecified atom stereocenters. The molecule has 62 heavy (non-hydrogen) atoms. The number of hydrogen-bond donors (Lipinski definition) is 3. The minimum Gasteiger partial charge on any atom is -0.488 e. The summed E-state index contributed by atoms with van der Waals surface area (Å²) in [6, 6.07) is 10.8. The predicted molar refractivity (Wildman–Crippen MR) is 228 cm³/mol.